The lowest BCUT2D eigenvalue weighted by atomic mass is 10.4. The van der Waals surface area contributed by atoms with Gasteiger partial charge in [0.25, 0.3) is 0 Å². The van der Waals surface area contributed by atoms with Crippen LogP contribution in [0.25, 0.3) is 0 Å². The molecule has 88 valence electrons. The van der Waals surface area contributed by atoms with Crippen LogP contribution in [0, 0.1) is 6.92 Å². The Kier molecular flexibility index (Phi) is 4.79. The Morgan fingerprint density at radius 1 is 1.56 bits per heavy atom. The molecule has 0 aliphatic heterocycles. The van der Waals surface area contributed by atoms with Crippen molar-refractivity contribution >= 4 is 5.91 Å². The van der Waals surface area contributed by atoms with Crippen molar-refractivity contribution in [2.24, 2.45) is 7.05 Å². The van der Waals surface area contributed by atoms with Gasteiger partial charge in [0.05, 0.1) is 13.1 Å². The van der Waals surface area contributed by atoms with Crippen LogP contribution < -0.4 is 10.6 Å². The predicted octanol–water partition coefficient (Wildman–Crippen LogP) is 0.725. The third-order valence-electron chi connectivity index (χ3n) is 2.52. The number of rotatable bonds is 6. The van der Waals surface area contributed by atoms with Crippen LogP contribution in [-0.4, -0.2) is 23.6 Å². The van der Waals surface area contributed by atoms with Crippen molar-refractivity contribution in [2.45, 2.75) is 13.5 Å². The number of aromatic nitrogens is 1. The summed E-state index contributed by atoms with van der Waals surface area (Å²) in [5.74, 6) is 0.000651. The van der Waals surface area contributed by atoms with E-state index in [4.69, 9.17) is 0 Å². The first kappa shape index (κ1) is 12.5. The molecule has 0 saturated carbocycles. The van der Waals surface area contributed by atoms with Crippen molar-refractivity contribution in [2.75, 3.05) is 13.1 Å². The number of hydrogen-bond donors (Lipinski definition) is 2. The molecule has 1 aromatic heterocycles. The molecule has 1 aromatic rings. The molecule has 1 amide bonds. The molecule has 1 heterocycles. The minimum atomic E-state index is 0.000651. The van der Waals surface area contributed by atoms with Crippen LogP contribution in [0.15, 0.2) is 24.8 Å². The number of aryl methyl sites for hydroxylation is 1. The summed E-state index contributed by atoms with van der Waals surface area (Å²) in [4.78, 5) is 11.4. The summed E-state index contributed by atoms with van der Waals surface area (Å²) in [7, 11) is 1.99. The Labute approximate surface area is 96.3 Å². The van der Waals surface area contributed by atoms with Crippen molar-refractivity contribution in [3.63, 3.8) is 0 Å². The van der Waals surface area contributed by atoms with E-state index < -0.39 is 0 Å². The maximum absolute atomic E-state index is 11.4. The number of nitrogens with zero attached hydrogens (tertiary/aromatic N) is 1. The molecule has 0 aliphatic rings. The minimum absolute atomic E-state index is 0.000651. The molecule has 0 aliphatic carbocycles. The molecule has 0 aromatic carbocycles. The number of amides is 1. The van der Waals surface area contributed by atoms with Crippen molar-refractivity contribution in [3.05, 3.63) is 36.2 Å². The number of nitrogens with one attached hydrogen (secondary N) is 2. The highest BCUT2D eigenvalue weighted by atomic mass is 16.1. The van der Waals surface area contributed by atoms with Gasteiger partial charge in [-0.1, -0.05) is 6.08 Å². The molecule has 16 heavy (non-hydrogen) atoms. The van der Waals surface area contributed by atoms with E-state index in [0.29, 0.717) is 19.6 Å². The zero-order chi connectivity index (χ0) is 12.0. The first-order chi connectivity index (χ1) is 7.65. The lowest BCUT2D eigenvalue weighted by Gasteiger charge is -2.07. The molecule has 1 rings (SSSR count). The summed E-state index contributed by atoms with van der Waals surface area (Å²) in [5.41, 5.74) is 2.30. The number of hydrogen-bond acceptors (Lipinski definition) is 2. The molecule has 0 unspecified atom stereocenters. The Morgan fingerprint density at radius 3 is 2.88 bits per heavy atom. The summed E-state index contributed by atoms with van der Waals surface area (Å²) >= 11 is 0. The Morgan fingerprint density at radius 2 is 2.31 bits per heavy atom. The second-order valence-electron chi connectivity index (χ2n) is 3.72. The first-order valence-corrected chi connectivity index (χ1v) is 5.34. The highest BCUT2D eigenvalue weighted by Crippen LogP contribution is 2.04. The van der Waals surface area contributed by atoms with Crippen LogP contribution in [0.1, 0.15) is 11.4 Å². The summed E-state index contributed by atoms with van der Waals surface area (Å²) in [6.45, 7) is 7.15. The van der Waals surface area contributed by atoms with Gasteiger partial charge < -0.3 is 15.2 Å². The Hall–Kier alpha value is -1.55. The molecule has 0 fully saturated rings. The molecule has 0 saturated heterocycles. The van der Waals surface area contributed by atoms with Gasteiger partial charge in [0.2, 0.25) is 5.91 Å². The fourth-order valence-electron chi connectivity index (χ4n) is 1.38. The van der Waals surface area contributed by atoms with E-state index in [1.807, 2.05) is 26.1 Å². The van der Waals surface area contributed by atoms with E-state index in [2.05, 4.69) is 21.8 Å². The maximum Gasteiger partial charge on any atom is 0.234 e. The zero-order valence-electron chi connectivity index (χ0n) is 9.92. The third-order valence-corrected chi connectivity index (χ3v) is 2.52. The summed E-state index contributed by atoms with van der Waals surface area (Å²) in [6.07, 6.45) is 1.73. The lowest BCUT2D eigenvalue weighted by molar-refractivity contribution is -0.120. The monoisotopic (exact) mass is 221 g/mol. The van der Waals surface area contributed by atoms with Crippen LogP contribution >= 0.6 is 0 Å². The normalized spacial score (nSPS) is 10.1. The predicted molar refractivity (Wildman–Crippen MR) is 65.1 cm³/mol. The van der Waals surface area contributed by atoms with Gasteiger partial charge in [-0.05, 0) is 19.1 Å². The molecular weight excluding hydrogens is 202 g/mol. The van der Waals surface area contributed by atoms with E-state index in [1.165, 1.54) is 5.69 Å². The number of carbonyl (C=O) groups excluding carboxylic acids is 1. The van der Waals surface area contributed by atoms with Crippen molar-refractivity contribution in [3.8, 4) is 0 Å². The second kappa shape index (κ2) is 6.12. The maximum atomic E-state index is 11.4. The third kappa shape index (κ3) is 3.55. The van der Waals surface area contributed by atoms with Crippen LogP contribution in [0.4, 0.5) is 0 Å². The highest BCUT2D eigenvalue weighted by molar-refractivity contribution is 5.77. The van der Waals surface area contributed by atoms with E-state index in [1.54, 1.807) is 6.08 Å². The van der Waals surface area contributed by atoms with Gasteiger partial charge in [-0.2, -0.15) is 0 Å². The Balaban J connectivity index is 2.31. The SMILES string of the molecule is C=CCNCC(=O)NCc1ccc(C)n1C. The molecule has 2 N–H and O–H groups in total. The number of carbonyl (C=O) groups is 1. The minimum Gasteiger partial charge on any atom is -0.350 e. The van der Waals surface area contributed by atoms with Crippen LogP contribution in [-0.2, 0) is 18.4 Å². The lowest BCUT2D eigenvalue weighted by Crippen LogP contribution is -2.33. The molecule has 4 heteroatoms. The van der Waals surface area contributed by atoms with Gasteiger partial charge in [0.15, 0.2) is 0 Å². The smallest absolute Gasteiger partial charge is 0.234 e. The molecule has 0 radical (unpaired) electrons. The van der Waals surface area contributed by atoms with Crippen LogP contribution in [0.5, 0.6) is 0 Å². The molecule has 0 spiro atoms. The van der Waals surface area contributed by atoms with Crippen molar-refractivity contribution in [1.82, 2.24) is 15.2 Å². The largest absolute Gasteiger partial charge is 0.350 e. The Bertz CT molecular complexity index is 368. The highest BCUT2D eigenvalue weighted by Gasteiger charge is 2.03. The van der Waals surface area contributed by atoms with Gasteiger partial charge in [-0.25, -0.2) is 0 Å². The van der Waals surface area contributed by atoms with E-state index in [-0.39, 0.29) is 5.91 Å². The molecule has 0 atom stereocenters. The fraction of sp³-hybridized carbons (Fsp3) is 0.417. The van der Waals surface area contributed by atoms with Crippen LogP contribution in [0.3, 0.4) is 0 Å². The average molecular weight is 221 g/mol. The summed E-state index contributed by atoms with van der Waals surface area (Å²) in [6, 6.07) is 4.06. The van der Waals surface area contributed by atoms with E-state index in [9.17, 15) is 4.79 Å². The van der Waals surface area contributed by atoms with Crippen LogP contribution in [0.2, 0.25) is 0 Å². The summed E-state index contributed by atoms with van der Waals surface area (Å²) < 4.78 is 2.07. The van der Waals surface area contributed by atoms with Crippen molar-refractivity contribution < 1.29 is 4.79 Å². The molecular formula is C12H19N3O. The van der Waals surface area contributed by atoms with E-state index in [0.717, 1.165) is 5.69 Å². The molecule has 4 nitrogen and oxygen atoms in total. The fourth-order valence-corrected chi connectivity index (χ4v) is 1.38. The average Bonchev–Trinajstić information content (AvgIpc) is 2.58. The van der Waals surface area contributed by atoms with Gasteiger partial charge in [-0.15, -0.1) is 6.58 Å². The topological polar surface area (TPSA) is 46.1 Å². The van der Waals surface area contributed by atoms with Gasteiger partial charge in [0.1, 0.15) is 0 Å². The first-order valence-electron chi connectivity index (χ1n) is 5.34. The van der Waals surface area contributed by atoms with E-state index >= 15 is 0 Å². The van der Waals surface area contributed by atoms with Gasteiger partial charge >= 0.3 is 0 Å². The molecule has 0 bridgehead atoms. The zero-order valence-corrected chi connectivity index (χ0v) is 9.92. The quantitative estimate of drug-likeness (QED) is 0.549. The second-order valence-corrected chi connectivity index (χ2v) is 3.72. The standard InChI is InChI=1S/C12H19N3O/c1-4-7-13-9-12(16)14-8-11-6-5-10(2)15(11)3/h4-6,13H,1,7-9H2,2-3H3,(H,14,16). The van der Waals surface area contributed by atoms with Gasteiger partial charge in [0, 0.05) is 25.0 Å². The van der Waals surface area contributed by atoms with Gasteiger partial charge in [-0.3, -0.25) is 4.79 Å². The van der Waals surface area contributed by atoms with Crippen molar-refractivity contribution in [1.29, 1.82) is 0 Å². The summed E-state index contributed by atoms with van der Waals surface area (Å²) in [5, 5.41) is 5.81.